The number of carbonyl (C=O) groups is 3. The van der Waals surface area contributed by atoms with Crippen LogP contribution in [0.3, 0.4) is 0 Å². The number of para-hydroxylation sites is 2. The van der Waals surface area contributed by atoms with Crippen LogP contribution in [0.4, 0.5) is 11.4 Å². The van der Waals surface area contributed by atoms with Crippen LogP contribution >= 0.6 is 11.3 Å². The van der Waals surface area contributed by atoms with Gasteiger partial charge < -0.3 is 15.4 Å². The summed E-state index contributed by atoms with van der Waals surface area (Å²) in [6.07, 6.45) is 1.66. The molecule has 0 aliphatic heterocycles. The average molecular weight is 519 g/mol. The number of ketones is 1. The summed E-state index contributed by atoms with van der Waals surface area (Å²) in [7, 11) is 1.52. The lowest BCUT2D eigenvalue weighted by Crippen LogP contribution is -2.33. The first kappa shape index (κ1) is 25.8. The third-order valence-corrected chi connectivity index (χ3v) is 7.20. The number of benzene rings is 2. The molecule has 0 fully saturated rings. The molecule has 0 radical (unpaired) electrons. The van der Waals surface area contributed by atoms with E-state index in [4.69, 9.17) is 4.74 Å². The van der Waals surface area contributed by atoms with Crippen molar-refractivity contribution in [3.05, 3.63) is 81.2 Å². The van der Waals surface area contributed by atoms with Crippen LogP contribution in [-0.4, -0.2) is 34.3 Å². The molecule has 0 aliphatic carbocycles. The van der Waals surface area contributed by atoms with E-state index in [1.807, 2.05) is 0 Å². The van der Waals surface area contributed by atoms with E-state index in [2.05, 4.69) is 15.6 Å². The van der Waals surface area contributed by atoms with Crippen molar-refractivity contribution >= 4 is 50.5 Å². The molecule has 4 rings (SSSR count). The molecule has 10 heteroatoms. The smallest absolute Gasteiger partial charge is 0.266 e. The summed E-state index contributed by atoms with van der Waals surface area (Å²) < 4.78 is 6.58. The summed E-state index contributed by atoms with van der Waals surface area (Å²) in [6.45, 7) is 4.93. The minimum absolute atomic E-state index is 0.118. The highest BCUT2D eigenvalue weighted by Crippen LogP contribution is 2.30. The zero-order valence-corrected chi connectivity index (χ0v) is 21.6. The van der Waals surface area contributed by atoms with E-state index in [1.54, 1.807) is 62.4 Å². The first-order valence-electron chi connectivity index (χ1n) is 11.6. The molecular formula is C27H26N4O5S. The number of Topliss-reactive ketones (excluding diaryl/α,β-unsaturated/α-hetero) is 1. The van der Waals surface area contributed by atoms with Crippen molar-refractivity contribution in [2.75, 3.05) is 17.7 Å². The maximum absolute atomic E-state index is 13.5. The Hall–Kier alpha value is -4.31. The van der Waals surface area contributed by atoms with Crippen molar-refractivity contribution in [1.29, 1.82) is 0 Å². The molecule has 4 aromatic rings. The van der Waals surface area contributed by atoms with Crippen molar-refractivity contribution in [1.82, 2.24) is 9.55 Å². The summed E-state index contributed by atoms with van der Waals surface area (Å²) in [6, 6.07) is 12.8. The standard InChI is InChI=1S/C27H26N4O5S/c1-5-20(24(33)29-18-10-8-9-17(13-18)16(3)32)31-14-28-26-22(27(31)35)15(2)23(37-26)25(34)30-19-11-6-7-12-21(19)36-4/h6-14,20H,5H2,1-4H3,(H,29,33)(H,30,34). The number of fused-ring (bicyclic) bond motifs is 1. The third-order valence-electron chi connectivity index (χ3n) is 6.00. The van der Waals surface area contributed by atoms with Gasteiger partial charge in [0.15, 0.2) is 5.78 Å². The van der Waals surface area contributed by atoms with Gasteiger partial charge >= 0.3 is 0 Å². The van der Waals surface area contributed by atoms with Crippen molar-refractivity contribution in [3.63, 3.8) is 0 Å². The van der Waals surface area contributed by atoms with Gasteiger partial charge in [-0.3, -0.25) is 23.7 Å². The fourth-order valence-corrected chi connectivity index (χ4v) is 5.09. The number of thiophene rings is 1. The van der Waals surface area contributed by atoms with Crippen molar-refractivity contribution < 1.29 is 19.1 Å². The SMILES string of the molecule is CCC(C(=O)Nc1cccc(C(C)=O)c1)n1cnc2sc(C(=O)Nc3ccccc3OC)c(C)c2c1=O. The molecule has 1 atom stereocenters. The number of nitrogens with zero attached hydrogens (tertiary/aromatic N) is 2. The lowest BCUT2D eigenvalue weighted by molar-refractivity contribution is -0.119. The monoisotopic (exact) mass is 518 g/mol. The van der Waals surface area contributed by atoms with Crippen LogP contribution in [0.1, 0.15) is 51.9 Å². The fourth-order valence-electron chi connectivity index (χ4n) is 4.05. The molecule has 0 aliphatic rings. The predicted octanol–water partition coefficient (Wildman–Crippen LogP) is 4.82. The summed E-state index contributed by atoms with van der Waals surface area (Å²) in [5.41, 5.74) is 1.52. The quantitative estimate of drug-likeness (QED) is 0.323. The average Bonchev–Trinajstić information content (AvgIpc) is 3.23. The van der Waals surface area contributed by atoms with Crippen LogP contribution in [-0.2, 0) is 4.79 Å². The molecule has 2 amide bonds. The maximum atomic E-state index is 13.5. The van der Waals surface area contributed by atoms with E-state index in [0.717, 1.165) is 11.3 Å². The number of ether oxygens (including phenoxy) is 1. The Balaban J connectivity index is 1.65. The van der Waals surface area contributed by atoms with E-state index in [-0.39, 0.29) is 11.7 Å². The summed E-state index contributed by atoms with van der Waals surface area (Å²) in [4.78, 5) is 56.5. The maximum Gasteiger partial charge on any atom is 0.266 e. The number of methoxy groups -OCH3 is 1. The second kappa shape index (κ2) is 10.8. The Morgan fingerprint density at radius 1 is 1.11 bits per heavy atom. The topological polar surface area (TPSA) is 119 Å². The molecule has 190 valence electrons. The normalized spacial score (nSPS) is 11.7. The second-order valence-corrected chi connectivity index (χ2v) is 9.40. The molecule has 9 nitrogen and oxygen atoms in total. The minimum Gasteiger partial charge on any atom is -0.495 e. The van der Waals surface area contributed by atoms with Gasteiger partial charge in [-0.05, 0) is 50.1 Å². The predicted molar refractivity (Wildman–Crippen MR) is 144 cm³/mol. The minimum atomic E-state index is -0.837. The number of anilines is 2. The zero-order valence-electron chi connectivity index (χ0n) is 20.8. The van der Waals surface area contributed by atoms with Gasteiger partial charge in [-0.15, -0.1) is 11.3 Å². The number of nitrogens with one attached hydrogen (secondary N) is 2. The highest BCUT2D eigenvalue weighted by atomic mass is 32.1. The summed E-state index contributed by atoms with van der Waals surface area (Å²) >= 11 is 1.11. The Morgan fingerprint density at radius 3 is 2.57 bits per heavy atom. The number of hydrogen-bond donors (Lipinski definition) is 2. The Kier molecular flexibility index (Phi) is 7.49. The van der Waals surface area contributed by atoms with Gasteiger partial charge in [-0.1, -0.05) is 31.2 Å². The molecule has 0 spiro atoms. The number of aromatic nitrogens is 2. The van der Waals surface area contributed by atoms with Crippen molar-refractivity contribution in [2.45, 2.75) is 33.2 Å². The lowest BCUT2D eigenvalue weighted by Gasteiger charge is -2.18. The lowest BCUT2D eigenvalue weighted by atomic mass is 10.1. The van der Waals surface area contributed by atoms with Crippen molar-refractivity contribution in [3.8, 4) is 5.75 Å². The van der Waals surface area contributed by atoms with E-state index in [1.165, 1.54) is 24.9 Å². The van der Waals surface area contributed by atoms with Crippen LogP contribution in [0, 0.1) is 6.92 Å². The van der Waals surface area contributed by atoms with E-state index < -0.39 is 17.5 Å². The highest BCUT2D eigenvalue weighted by Gasteiger charge is 2.25. The van der Waals surface area contributed by atoms with Crippen LogP contribution in [0.5, 0.6) is 5.75 Å². The molecule has 37 heavy (non-hydrogen) atoms. The number of amides is 2. The Labute approximate surface area is 217 Å². The molecule has 2 aromatic heterocycles. The zero-order chi connectivity index (χ0) is 26.7. The van der Waals surface area contributed by atoms with Gasteiger partial charge in [0.05, 0.1) is 29.4 Å². The van der Waals surface area contributed by atoms with Gasteiger partial charge in [0.2, 0.25) is 5.91 Å². The van der Waals surface area contributed by atoms with Gasteiger partial charge in [0.1, 0.15) is 16.6 Å². The largest absolute Gasteiger partial charge is 0.495 e. The van der Waals surface area contributed by atoms with Crippen molar-refractivity contribution in [2.24, 2.45) is 0 Å². The Bertz CT molecular complexity index is 1570. The van der Waals surface area contributed by atoms with Gasteiger partial charge in [-0.2, -0.15) is 0 Å². The summed E-state index contributed by atoms with van der Waals surface area (Å²) in [5, 5.41) is 5.91. The number of hydrogen-bond acceptors (Lipinski definition) is 7. The molecule has 0 saturated heterocycles. The van der Waals surface area contributed by atoms with Gasteiger partial charge in [0.25, 0.3) is 11.5 Å². The molecule has 0 saturated carbocycles. The molecular weight excluding hydrogens is 492 g/mol. The number of carbonyl (C=O) groups excluding carboxylic acids is 3. The van der Waals surface area contributed by atoms with Crippen LogP contribution < -0.4 is 20.9 Å². The first-order valence-corrected chi connectivity index (χ1v) is 12.4. The first-order chi connectivity index (χ1) is 17.7. The van der Waals surface area contributed by atoms with Crippen LogP contribution in [0.2, 0.25) is 0 Å². The van der Waals surface area contributed by atoms with Gasteiger partial charge in [0, 0.05) is 11.3 Å². The Morgan fingerprint density at radius 2 is 1.86 bits per heavy atom. The van der Waals surface area contributed by atoms with E-state index in [0.29, 0.717) is 49.8 Å². The van der Waals surface area contributed by atoms with E-state index >= 15 is 0 Å². The fraction of sp³-hybridized carbons (Fsp3) is 0.222. The summed E-state index contributed by atoms with van der Waals surface area (Å²) in [5.74, 6) is -0.396. The molecule has 2 N–H and O–H groups in total. The highest BCUT2D eigenvalue weighted by molar-refractivity contribution is 7.20. The molecule has 2 aromatic carbocycles. The molecule has 0 bridgehead atoms. The molecule has 2 heterocycles. The van der Waals surface area contributed by atoms with Crippen LogP contribution in [0.15, 0.2) is 59.7 Å². The van der Waals surface area contributed by atoms with Gasteiger partial charge in [-0.25, -0.2) is 4.98 Å². The second-order valence-electron chi connectivity index (χ2n) is 8.40. The van der Waals surface area contributed by atoms with Crippen LogP contribution in [0.25, 0.3) is 10.2 Å². The number of rotatable bonds is 8. The molecule has 1 unspecified atom stereocenters. The third kappa shape index (κ3) is 5.14. The number of aryl methyl sites for hydroxylation is 1. The van der Waals surface area contributed by atoms with E-state index in [9.17, 15) is 19.2 Å².